The van der Waals surface area contributed by atoms with E-state index in [1.54, 1.807) is 31.1 Å². The van der Waals surface area contributed by atoms with Crippen LogP contribution in [0.1, 0.15) is 12.5 Å². The summed E-state index contributed by atoms with van der Waals surface area (Å²) in [4.78, 5) is 28.7. The summed E-state index contributed by atoms with van der Waals surface area (Å²) in [5.41, 5.74) is 1.80. The maximum atomic E-state index is 13.1. The van der Waals surface area contributed by atoms with Gasteiger partial charge in [-0.3, -0.25) is 4.79 Å². The van der Waals surface area contributed by atoms with Crippen molar-refractivity contribution in [1.29, 1.82) is 0 Å². The number of ether oxygens (including phenoxy) is 1. The van der Waals surface area contributed by atoms with Gasteiger partial charge in [-0.2, -0.15) is 0 Å². The zero-order chi connectivity index (χ0) is 21.5. The number of para-hydroxylation sites is 1. The number of benzene rings is 2. The van der Waals surface area contributed by atoms with Gasteiger partial charge in [0.05, 0.1) is 7.11 Å². The normalized spacial score (nSPS) is 14.8. The fraction of sp³-hybridized carbons (Fsp3) is 0.364. The Labute approximate surface area is 175 Å². The highest BCUT2D eigenvalue weighted by atomic mass is 19.1. The zero-order valence-electron chi connectivity index (χ0n) is 17.2. The number of carbonyl (C=O) groups is 2. The molecule has 0 bridgehead atoms. The summed E-state index contributed by atoms with van der Waals surface area (Å²) in [5.74, 6) is 0.169. The van der Waals surface area contributed by atoms with Crippen LogP contribution in [0, 0.1) is 5.82 Å². The zero-order valence-corrected chi connectivity index (χ0v) is 17.2. The molecule has 1 atom stereocenters. The highest BCUT2D eigenvalue weighted by Crippen LogP contribution is 2.18. The molecule has 2 aromatic carbocycles. The molecule has 2 N–H and O–H groups in total. The Bertz CT molecular complexity index is 867. The van der Waals surface area contributed by atoms with E-state index in [1.165, 1.54) is 12.1 Å². The molecule has 0 spiro atoms. The van der Waals surface area contributed by atoms with E-state index in [2.05, 4.69) is 15.5 Å². The lowest BCUT2D eigenvalue weighted by molar-refractivity contribution is -0.122. The predicted octanol–water partition coefficient (Wildman–Crippen LogP) is 2.37. The summed E-state index contributed by atoms with van der Waals surface area (Å²) in [5, 5.41) is 5.58. The molecule has 1 aliphatic heterocycles. The van der Waals surface area contributed by atoms with Gasteiger partial charge in [-0.1, -0.05) is 18.2 Å². The maximum Gasteiger partial charge on any atom is 0.318 e. The van der Waals surface area contributed by atoms with E-state index in [0.717, 1.165) is 11.3 Å². The van der Waals surface area contributed by atoms with E-state index in [-0.39, 0.29) is 17.8 Å². The Hall–Kier alpha value is -3.29. The van der Waals surface area contributed by atoms with Crippen molar-refractivity contribution >= 4 is 17.6 Å². The van der Waals surface area contributed by atoms with Crippen LogP contribution >= 0.6 is 0 Å². The Morgan fingerprint density at radius 3 is 2.40 bits per heavy atom. The summed E-state index contributed by atoms with van der Waals surface area (Å²) in [7, 11) is 1.58. The van der Waals surface area contributed by atoms with Gasteiger partial charge in [0.25, 0.3) is 0 Å². The van der Waals surface area contributed by atoms with Crippen molar-refractivity contribution in [3.05, 3.63) is 59.9 Å². The molecule has 0 radical (unpaired) electrons. The van der Waals surface area contributed by atoms with Crippen molar-refractivity contribution in [3.63, 3.8) is 0 Å². The van der Waals surface area contributed by atoms with E-state index < -0.39 is 6.04 Å². The van der Waals surface area contributed by atoms with Crippen molar-refractivity contribution in [2.45, 2.75) is 19.5 Å². The average molecular weight is 414 g/mol. The number of methoxy groups -OCH3 is 1. The largest absolute Gasteiger partial charge is 0.496 e. The Morgan fingerprint density at radius 2 is 1.73 bits per heavy atom. The SMILES string of the molecule is COc1ccccc1CNC(=O)[C@H](C)NC(=O)N1CCN(c2ccc(F)cc2)CC1. The van der Waals surface area contributed by atoms with E-state index in [4.69, 9.17) is 4.74 Å². The number of piperazine rings is 1. The number of nitrogens with zero attached hydrogens (tertiary/aromatic N) is 2. The van der Waals surface area contributed by atoms with Gasteiger partial charge in [-0.15, -0.1) is 0 Å². The first kappa shape index (κ1) is 21.4. The molecule has 1 heterocycles. The van der Waals surface area contributed by atoms with Crippen LogP contribution in [0.25, 0.3) is 0 Å². The third-order valence-electron chi connectivity index (χ3n) is 5.14. The number of anilines is 1. The predicted molar refractivity (Wildman–Crippen MR) is 113 cm³/mol. The molecular weight excluding hydrogens is 387 g/mol. The average Bonchev–Trinajstić information content (AvgIpc) is 2.78. The molecule has 160 valence electrons. The number of urea groups is 1. The van der Waals surface area contributed by atoms with Gasteiger partial charge >= 0.3 is 6.03 Å². The minimum absolute atomic E-state index is 0.265. The fourth-order valence-electron chi connectivity index (χ4n) is 3.35. The van der Waals surface area contributed by atoms with Crippen LogP contribution in [-0.4, -0.2) is 56.2 Å². The topological polar surface area (TPSA) is 73.9 Å². The van der Waals surface area contributed by atoms with Crippen molar-refractivity contribution in [2.24, 2.45) is 0 Å². The van der Waals surface area contributed by atoms with Crippen molar-refractivity contribution < 1.29 is 18.7 Å². The molecule has 0 aromatic heterocycles. The Balaban J connectivity index is 1.45. The second-order valence-corrected chi connectivity index (χ2v) is 7.15. The monoisotopic (exact) mass is 414 g/mol. The van der Waals surface area contributed by atoms with E-state index in [9.17, 15) is 14.0 Å². The highest BCUT2D eigenvalue weighted by molar-refractivity contribution is 5.86. The first-order valence-corrected chi connectivity index (χ1v) is 9.93. The number of hydrogen-bond acceptors (Lipinski definition) is 4. The van der Waals surface area contributed by atoms with Crippen LogP contribution in [-0.2, 0) is 11.3 Å². The van der Waals surface area contributed by atoms with Gasteiger partial charge < -0.3 is 25.2 Å². The van der Waals surface area contributed by atoms with E-state index in [0.29, 0.717) is 38.5 Å². The van der Waals surface area contributed by atoms with Gasteiger partial charge in [0.15, 0.2) is 0 Å². The lowest BCUT2D eigenvalue weighted by Crippen LogP contribution is -2.55. The van der Waals surface area contributed by atoms with Gasteiger partial charge in [0.1, 0.15) is 17.6 Å². The Kier molecular flexibility index (Phi) is 7.11. The summed E-state index contributed by atoms with van der Waals surface area (Å²) < 4.78 is 18.4. The highest BCUT2D eigenvalue weighted by Gasteiger charge is 2.24. The molecule has 1 saturated heterocycles. The first-order chi connectivity index (χ1) is 14.5. The quantitative estimate of drug-likeness (QED) is 0.761. The fourth-order valence-corrected chi connectivity index (χ4v) is 3.35. The van der Waals surface area contributed by atoms with Crippen molar-refractivity contribution in [1.82, 2.24) is 15.5 Å². The van der Waals surface area contributed by atoms with Crippen LogP contribution in [0.4, 0.5) is 14.9 Å². The van der Waals surface area contributed by atoms with Crippen molar-refractivity contribution in [3.8, 4) is 5.75 Å². The maximum absolute atomic E-state index is 13.1. The molecular formula is C22H27FN4O3. The second-order valence-electron chi connectivity index (χ2n) is 7.15. The molecule has 0 aliphatic carbocycles. The molecule has 2 aromatic rings. The molecule has 3 rings (SSSR count). The standard InChI is InChI=1S/C22H27FN4O3/c1-16(21(28)24-15-17-5-3-4-6-20(17)30-2)25-22(29)27-13-11-26(12-14-27)19-9-7-18(23)8-10-19/h3-10,16H,11-15H2,1-2H3,(H,24,28)(H,25,29)/t16-/m0/s1. The van der Waals surface area contributed by atoms with Crippen LogP contribution in [0.15, 0.2) is 48.5 Å². The van der Waals surface area contributed by atoms with Crippen LogP contribution in [0.5, 0.6) is 5.75 Å². The molecule has 3 amide bonds. The third-order valence-corrected chi connectivity index (χ3v) is 5.14. The lowest BCUT2D eigenvalue weighted by Gasteiger charge is -2.36. The third kappa shape index (κ3) is 5.40. The Morgan fingerprint density at radius 1 is 1.07 bits per heavy atom. The molecule has 7 nitrogen and oxygen atoms in total. The molecule has 0 saturated carbocycles. The summed E-state index contributed by atoms with van der Waals surface area (Å²) in [6, 6.07) is 12.8. The molecule has 0 unspecified atom stereocenters. The number of hydrogen-bond donors (Lipinski definition) is 2. The van der Waals surface area contributed by atoms with Crippen LogP contribution in [0.2, 0.25) is 0 Å². The van der Waals surface area contributed by atoms with Crippen LogP contribution < -0.4 is 20.3 Å². The summed E-state index contributed by atoms with van der Waals surface area (Å²) >= 11 is 0. The van der Waals surface area contributed by atoms with Gasteiger partial charge in [-0.25, -0.2) is 9.18 Å². The van der Waals surface area contributed by atoms with Crippen molar-refractivity contribution in [2.75, 3.05) is 38.2 Å². The number of halogens is 1. The minimum atomic E-state index is -0.665. The molecule has 1 fully saturated rings. The van der Waals surface area contributed by atoms with Gasteiger partial charge in [0, 0.05) is 44.0 Å². The smallest absolute Gasteiger partial charge is 0.318 e. The van der Waals surface area contributed by atoms with E-state index in [1.807, 2.05) is 24.3 Å². The number of nitrogens with one attached hydrogen (secondary N) is 2. The molecule has 8 heteroatoms. The second kappa shape index (κ2) is 9.96. The molecule has 1 aliphatic rings. The molecule has 30 heavy (non-hydrogen) atoms. The number of carbonyl (C=O) groups excluding carboxylic acids is 2. The summed E-state index contributed by atoms with van der Waals surface area (Å²) in [6.45, 7) is 4.32. The number of amides is 3. The summed E-state index contributed by atoms with van der Waals surface area (Å²) in [6.07, 6.45) is 0. The van der Waals surface area contributed by atoms with Crippen LogP contribution in [0.3, 0.4) is 0 Å². The minimum Gasteiger partial charge on any atom is -0.496 e. The lowest BCUT2D eigenvalue weighted by atomic mass is 10.2. The first-order valence-electron chi connectivity index (χ1n) is 9.93. The van der Waals surface area contributed by atoms with Gasteiger partial charge in [0.2, 0.25) is 5.91 Å². The van der Waals surface area contributed by atoms with Gasteiger partial charge in [-0.05, 0) is 37.3 Å². The van der Waals surface area contributed by atoms with E-state index >= 15 is 0 Å². The number of rotatable bonds is 6.